The molecule has 2 aromatic rings. The monoisotopic (exact) mass is 450 g/mol. The first kappa shape index (κ1) is 22.8. The third kappa shape index (κ3) is 4.87. The molecule has 1 saturated carbocycles. The van der Waals surface area contributed by atoms with Crippen LogP contribution in [0.25, 0.3) is 11.1 Å². The molecule has 4 rings (SSSR count). The van der Waals surface area contributed by atoms with Crippen molar-refractivity contribution < 1.29 is 24.2 Å². The predicted molar refractivity (Wildman–Crippen MR) is 124 cm³/mol. The van der Waals surface area contributed by atoms with Crippen molar-refractivity contribution in [3.05, 3.63) is 59.7 Å². The maximum absolute atomic E-state index is 12.8. The molecule has 0 aromatic heterocycles. The highest BCUT2D eigenvalue weighted by Gasteiger charge is 2.42. The number of alkyl carbamates (subject to hydrolysis) is 1. The second kappa shape index (κ2) is 9.65. The minimum absolute atomic E-state index is 0.0197. The summed E-state index contributed by atoms with van der Waals surface area (Å²) < 4.78 is 5.67. The molecule has 2 N–H and O–H groups in total. The highest BCUT2D eigenvalue weighted by Crippen LogP contribution is 2.44. The van der Waals surface area contributed by atoms with E-state index >= 15 is 0 Å². The SMILES string of the molecule is CCN(CCC(=O)O)C(=O)CC1(NC(=O)OCC2c3ccccc3-c3ccccc32)CCC1. The summed E-state index contributed by atoms with van der Waals surface area (Å²) in [5.74, 6) is -1.09. The number of rotatable bonds is 9. The van der Waals surface area contributed by atoms with Gasteiger partial charge in [0.1, 0.15) is 6.61 Å². The van der Waals surface area contributed by atoms with Crippen LogP contribution in [0.3, 0.4) is 0 Å². The first-order valence-corrected chi connectivity index (χ1v) is 11.6. The van der Waals surface area contributed by atoms with Crippen LogP contribution in [0, 0.1) is 0 Å². The summed E-state index contributed by atoms with van der Waals surface area (Å²) in [6.07, 6.45) is 1.89. The second-order valence-corrected chi connectivity index (χ2v) is 8.88. The van der Waals surface area contributed by atoms with Gasteiger partial charge in [-0.05, 0) is 48.4 Å². The quantitative estimate of drug-likeness (QED) is 0.598. The van der Waals surface area contributed by atoms with Crippen molar-refractivity contribution in [1.29, 1.82) is 0 Å². The molecule has 0 bridgehead atoms. The van der Waals surface area contributed by atoms with E-state index in [-0.39, 0.29) is 37.8 Å². The van der Waals surface area contributed by atoms with Gasteiger partial charge >= 0.3 is 12.1 Å². The molecule has 2 amide bonds. The molecule has 1 fully saturated rings. The van der Waals surface area contributed by atoms with Crippen LogP contribution in [0.5, 0.6) is 0 Å². The van der Waals surface area contributed by atoms with E-state index in [1.807, 2.05) is 31.2 Å². The molecule has 2 aliphatic rings. The van der Waals surface area contributed by atoms with Gasteiger partial charge in [-0.1, -0.05) is 48.5 Å². The number of hydrogen-bond donors (Lipinski definition) is 2. The third-order valence-electron chi connectivity index (χ3n) is 6.84. The van der Waals surface area contributed by atoms with Gasteiger partial charge in [-0.15, -0.1) is 0 Å². The van der Waals surface area contributed by atoms with Crippen LogP contribution in [-0.2, 0) is 14.3 Å². The van der Waals surface area contributed by atoms with E-state index in [0.29, 0.717) is 19.4 Å². The number of fused-ring (bicyclic) bond motifs is 3. The predicted octanol–water partition coefficient (Wildman–Crippen LogP) is 4.16. The van der Waals surface area contributed by atoms with Crippen LogP contribution in [-0.4, -0.2) is 53.2 Å². The summed E-state index contributed by atoms with van der Waals surface area (Å²) in [6, 6.07) is 16.3. The van der Waals surface area contributed by atoms with Gasteiger partial charge in [0.2, 0.25) is 5.91 Å². The van der Waals surface area contributed by atoms with E-state index in [1.165, 1.54) is 16.0 Å². The first-order chi connectivity index (χ1) is 15.9. The zero-order chi connectivity index (χ0) is 23.4. The summed E-state index contributed by atoms with van der Waals surface area (Å²) >= 11 is 0. The van der Waals surface area contributed by atoms with Crippen molar-refractivity contribution in [2.24, 2.45) is 0 Å². The molecule has 174 valence electrons. The van der Waals surface area contributed by atoms with Gasteiger partial charge in [0.15, 0.2) is 0 Å². The number of nitrogens with zero attached hydrogens (tertiary/aromatic N) is 1. The van der Waals surface area contributed by atoms with Crippen molar-refractivity contribution in [2.45, 2.75) is 50.5 Å². The van der Waals surface area contributed by atoms with Crippen LogP contribution < -0.4 is 5.32 Å². The lowest BCUT2D eigenvalue weighted by Crippen LogP contribution is -2.56. The lowest BCUT2D eigenvalue weighted by Gasteiger charge is -2.42. The number of carboxylic acids is 1. The highest BCUT2D eigenvalue weighted by molar-refractivity contribution is 5.80. The Balaban J connectivity index is 1.37. The Morgan fingerprint density at radius 1 is 1.06 bits per heavy atom. The molecular formula is C26H30N2O5. The molecule has 0 radical (unpaired) electrons. The number of ether oxygens (including phenoxy) is 1. The number of carboxylic acid groups (broad SMARTS) is 1. The summed E-state index contributed by atoms with van der Waals surface area (Å²) in [5, 5.41) is 11.9. The minimum Gasteiger partial charge on any atom is -0.481 e. The molecular weight excluding hydrogens is 420 g/mol. The Morgan fingerprint density at radius 3 is 2.18 bits per heavy atom. The number of carbonyl (C=O) groups excluding carboxylic acids is 2. The fraction of sp³-hybridized carbons (Fsp3) is 0.423. The van der Waals surface area contributed by atoms with Crippen LogP contribution in [0.15, 0.2) is 48.5 Å². The van der Waals surface area contributed by atoms with E-state index in [1.54, 1.807) is 0 Å². The average molecular weight is 451 g/mol. The Morgan fingerprint density at radius 2 is 1.67 bits per heavy atom. The van der Waals surface area contributed by atoms with Crippen molar-refractivity contribution in [2.75, 3.05) is 19.7 Å². The van der Waals surface area contributed by atoms with Gasteiger partial charge in [-0.3, -0.25) is 9.59 Å². The normalized spacial score (nSPS) is 15.7. The molecule has 2 aliphatic carbocycles. The topological polar surface area (TPSA) is 95.9 Å². The standard InChI is InChI=1S/C26H30N2O5/c1-2-28(15-12-24(30)31)23(29)16-26(13-7-14-26)27-25(32)33-17-22-20-10-5-3-8-18(20)19-9-4-6-11-21(19)22/h3-6,8-11,22H,2,7,12-17H2,1H3,(H,27,32)(H,30,31). The summed E-state index contributed by atoms with van der Waals surface area (Å²) in [5.41, 5.74) is 4.03. The number of amides is 2. The smallest absolute Gasteiger partial charge is 0.407 e. The second-order valence-electron chi connectivity index (χ2n) is 8.88. The fourth-order valence-corrected chi connectivity index (χ4v) is 4.89. The Kier molecular flexibility index (Phi) is 6.67. The lowest BCUT2D eigenvalue weighted by atomic mass is 9.74. The van der Waals surface area contributed by atoms with Gasteiger partial charge in [0.05, 0.1) is 18.4 Å². The van der Waals surface area contributed by atoms with Gasteiger partial charge in [-0.25, -0.2) is 4.79 Å². The van der Waals surface area contributed by atoms with Crippen LogP contribution >= 0.6 is 0 Å². The van der Waals surface area contributed by atoms with Crippen LogP contribution in [0.4, 0.5) is 4.79 Å². The number of nitrogens with one attached hydrogen (secondary N) is 1. The molecule has 2 aromatic carbocycles. The van der Waals surface area contributed by atoms with E-state index in [2.05, 4.69) is 29.6 Å². The van der Waals surface area contributed by atoms with E-state index in [9.17, 15) is 14.4 Å². The lowest BCUT2D eigenvalue weighted by molar-refractivity contribution is -0.139. The highest BCUT2D eigenvalue weighted by atomic mass is 16.5. The molecule has 0 heterocycles. The zero-order valence-electron chi connectivity index (χ0n) is 18.9. The summed E-state index contributed by atoms with van der Waals surface area (Å²) in [6.45, 7) is 2.66. The zero-order valence-corrected chi connectivity index (χ0v) is 18.9. The Bertz CT molecular complexity index is 1000. The van der Waals surface area contributed by atoms with Crippen LogP contribution in [0.2, 0.25) is 0 Å². The Hall–Kier alpha value is -3.35. The largest absolute Gasteiger partial charge is 0.481 e. The van der Waals surface area contributed by atoms with Crippen molar-refractivity contribution in [1.82, 2.24) is 10.2 Å². The van der Waals surface area contributed by atoms with Gasteiger partial charge in [-0.2, -0.15) is 0 Å². The molecule has 7 nitrogen and oxygen atoms in total. The molecule has 0 atom stereocenters. The van der Waals surface area contributed by atoms with E-state index in [4.69, 9.17) is 9.84 Å². The number of carbonyl (C=O) groups is 3. The van der Waals surface area contributed by atoms with Crippen molar-refractivity contribution >= 4 is 18.0 Å². The molecule has 33 heavy (non-hydrogen) atoms. The molecule has 0 spiro atoms. The molecule has 0 saturated heterocycles. The maximum atomic E-state index is 12.8. The van der Waals surface area contributed by atoms with E-state index in [0.717, 1.165) is 17.5 Å². The summed E-state index contributed by atoms with van der Waals surface area (Å²) in [4.78, 5) is 37.9. The fourth-order valence-electron chi connectivity index (χ4n) is 4.89. The number of benzene rings is 2. The minimum atomic E-state index is -0.934. The molecule has 0 aliphatic heterocycles. The van der Waals surface area contributed by atoms with Gasteiger partial charge < -0.3 is 20.1 Å². The summed E-state index contributed by atoms with van der Waals surface area (Å²) in [7, 11) is 0. The van der Waals surface area contributed by atoms with Gasteiger partial charge in [0, 0.05) is 19.0 Å². The first-order valence-electron chi connectivity index (χ1n) is 11.6. The maximum Gasteiger partial charge on any atom is 0.407 e. The number of aliphatic carboxylic acids is 1. The Labute approximate surface area is 193 Å². The van der Waals surface area contributed by atoms with Crippen molar-refractivity contribution in [3.63, 3.8) is 0 Å². The van der Waals surface area contributed by atoms with Gasteiger partial charge in [0.25, 0.3) is 0 Å². The molecule has 7 heteroatoms. The number of hydrogen-bond acceptors (Lipinski definition) is 4. The third-order valence-corrected chi connectivity index (χ3v) is 6.84. The molecule has 0 unspecified atom stereocenters. The van der Waals surface area contributed by atoms with Crippen LogP contribution in [0.1, 0.15) is 56.1 Å². The van der Waals surface area contributed by atoms with E-state index < -0.39 is 17.6 Å². The van der Waals surface area contributed by atoms with Crippen molar-refractivity contribution in [3.8, 4) is 11.1 Å². The average Bonchev–Trinajstić information content (AvgIpc) is 3.10.